The number of ketones is 1. The van der Waals surface area contributed by atoms with Crippen molar-refractivity contribution in [1.82, 2.24) is 0 Å². The van der Waals surface area contributed by atoms with Crippen LogP contribution in [0.25, 0.3) is 11.3 Å². The van der Waals surface area contributed by atoms with E-state index in [1.807, 2.05) is 57.2 Å². The highest BCUT2D eigenvalue weighted by molar-refractivity contribution is 6.14. The van der Waals surface area contributed by atoms with E-state index in [-0.39, 0.29) is 11.5 Å². The van der Waals surface area contributed by atoms with Crippen LogP contribution in [0.15, 0.2) is 63.2 Å². The normalized spacial score (nSPS) is 13.9. The van der Waals surface area contributed by atoms with Gasteiger partial charge in [-0.1, -0.05) is 24.3 Å². The first kappa shape index (κ1) is 23.4. The molecule has 7 nitrogen and oxygen atoms in total. The molecule has 1 aromatic heterocycles. The first-order valence-corrected chi connectivity index (χ1v) is 11.1. The molecule has 2 heterocycles. The Hall–Kier alpha value is -3.71. The van der Waals surface area contributed by atoms with Gasteiger partial charge in [0, 0.05) is 29.9 Å². The summed E-state index contributed by atoms with van der Waals surface area (Å²) in [6.45, 7) is 6.12. The molecule has 34 heavy (non-hydrogen) atoms. The van der Waals surface area contributed by atoms with E-state index in [1.165, 1.54) is 0 Å². The van der Waals surface area contributed by atoms with Gasteiger partial charge in [-0.3, -0.25) is 4.79 Å². The molecule has 0 bridgehead atoms. The maximum absolute atomic E-state index is 13.4. The zero-order valence-electron chi connectivity index (χ0n) is 20.0. The lowest BCUT2D eigenvalue weighted by molar-refractivity contribution is 0.0428. The Morgan fingerprint density at radius 3 is 2.21 bits per heavy atom. The molecule has 0 radical (unpaired) electrons. The van der Waals surface area contributed by atoms with Crippen molar-refractivity contribution in [3.05, 3.63) is 71.0 Å². The van der Waals surface area contributed by atoms with Crippen molar-refractivity contribution in [2.24, 2.45) is 10.2 Å². The highest BCUT2D eigenvalue weighted by atomic mass is 16.5. The molecule has 2 aromatic carbocycles. The second-order valence-electron chi connectivity index (χ2n) is 8.05. The van der Waals surface area contributed by atoms with Gasteiger partial charge >= 0.3 is 0 Å². The SMILES string of the molecule is CCOC(C(=O)c1ccc(-c2cc(OC)c(C)c(OC)c2)o1)c1ccc(C2=NN=C(C)C2)cc1. The standard InChI is InChI=1S/C27H28N2O5/c1-6-33-27(19-9-7-18(8-10-19)21-13-16(2)28-29-21)26(30)23-12-11-22(34-23)20-14-24(31-4)17(3)25(15-20)32-5/h7-12,14-15,27H,6,13H2,1-5H3. The van der Waals surface area contributed by atoms with Crippen molar-refractivity contribution in [2.75, 3.05) is 20.8 Å². The number of ether oxygens (including phenoxy) is 3. The molecule has 0 aliphatic carbocycles. The molecule has 1 aliphatic rings. The van der Waals surface area contributed by atoms with Gasteiger partial charge in [-0.05, 0) is 56.2 Å². The third kappa shape index (κ3) is 4.65. The Bertz CT molecular complexity index is 1230. The summed E-state index contributed by atoms with van der Waals surface area (Å²) in [5.74, 6) is 1.88. The summed E-state index contributed by atoms with van der Waals surface area (Å²) in [5.41, 5.74) is 5.28. The molecular formula is C27H28N2O5. The number of rotatable bonds is 9. The Kier molecular flexibility index (Phi) is 6.93. The molecule has 0 N–H and O–H groups in total. The fourth-order valence-corrected chi connectivity index (χ4v) is 3.94. The van der Waals surface area contributed by atoms with Gasteiger partial charge in [-0.2, -0.15) is 10.2 Å². The molecule has 0 amide bonds. The third-order valence-electron chi connectivity index (χ3n) is 5.77. The number of Topliss-reactive ketones (excluding diaryl/α,β-unsaturated/α-hetero) is 1. The van der Waals surface area contributed by atoms with Gasteiger partial charge in [-0.25, -0.2) is 0 Å². The molecule has 0 fully saturated rings. The second kappa shape index (κ2) is 10.1. The fourth-order valence-electron chi connectivity index (χ4n) is 3.94. The number of nitrogens with zero attached hydrogens (tertiary/aromatic N) is 2. The molecule has 0 spiro atoms. The number of methoxy groups -OCH3 is 2. The van der Waals surface area contributed by atoms with Crippen molar-refractivity contribution in [3.8, 4) is 22.8 Å². The predicted molar refractivity (Wildman–Crippen MR) is 131 cm³/mol. The molecule has 0 saturated heterocycles. The Morgan fingerprint density at radius 1 is 0.971 bits per heavy atom. The predicted octanol–water partition coefficient (Wildman–Crippen LogP) is 5.80. The summed E-state index contributed by atoms with van der Waals surface area (Å²) >= 11 is 0. The van der Waals surface area contributed by atoms with Crippen LogP contribution in [0.3, 0.4) is 0 Å². The molecule has 7 heteroatoms. The van der Waals surface area contributed by atoms with Gasteiger partial charge in [0.05, 0.1) is 19.9 Å². The Balaban J connectivity index is 1.59. The zero-order valence-corrected chi connectivity index (χ0v) is 20.0. The average molecular weight is 461 g/mol. The lowest BCUT2D eigenvalue weighted by Crippen LogP contribution is -2.16. The summed E-state index contributed by atoms with van der Waals surface area (Å²) in [7, 11) is 3.21. The first-order chi connectivity index (χ1) is 16.4. The van der Waals surface area contributed by atoms with Crippen molar-refractivity contribution in [3.63, 3.8) is 0 Å². The van der Waals surface area contributed by atoms with Crippen LogP contribution in [0.4, 0.5) is 0 Å². The molecule has 1 aliphatic heterocycles. The number of furan rings is 1. The van der Waals surface area contributed by atoms with E-state index in [0.717, 1.165) is 40.1 Å². The van der Waals surface area contributed by atoms with Gasteiger partial charge in [-0.15, -0.1) is 0 Å². The maximum Gasteiger partial charge on any atom is 0.231 e. The quantitative estimate of drug-likeness (QED) is 0.377. The zero-order chi connectivity index (χ0) is 24.2. The summed E-state index contributed by atoms with van der Waals surface area (Å²) in [6, 6.07) is 14.8. The van der Waals surface area contributed by atoms with Crippen molar-refractivity contribution in [2.45, 2.75) is 33.3 Å². The minimum atomic E-state index is -0.774. The van der Waals surface area contributed by atoms with Crippen LogP contribution >= 0.6 is 0 Å². The van der Waals surface area contributed by atoms with Gasteiger partial charge in [0.15, 0.2) is 5.76 Å². The largest absolute Gasteiger partial charge is 0.496 e. The number of benzene rings is 2. The average Bonchev–Trinajstić information content (AvgIpc) is 3.52. The van der Waals surface area contributed by atoms with E-state index >= 15 is 0 Å². The van der Waals surface area contributed by atoms with Crippen LogP contribution in [0.2, 0.25) is 0 Å². The van der Waals surface area contributed by atoms with Crippen molar-refractivity contribution >= 4 is 17.2 Å². The van der Waals surface area contributed by atoms with Crippen LogP contribution in [0.5, 0.6) is 11.5 Å². The van der Waals surface area contributed by atoms with Gasteiger partial charge in [0.1, 0.15) is 23.4 Å². The van der Waals surface area contributed by atoms with Crippen LogP contribution < -0.4 is 9.47 Å². The van der Waals surface area contributed by atoms with Crippen LogP contribution in [-0.2, 0) is 4.74 Å². The van der Waals surface area contributed by atoms with E-state index in [1.54, 1.807) is 26.4 Å². The first-order valence-electron chi connectivity index (χ1n) is 11.1. The van der Waals surface area contributed by atoms with Crippen LogP contribution in [0.1, 0.15) is 53.6 Å². The lowest BCUT2D eigenvalue weighted by atomic mass is 9.99. The van der Waals surface area contributed by atoms with E-state index in [4.69, 9.17) is 18.6 Å². The van der Waals surface area contributed by atoms with Crippen LogP contribution in [-0.4, -0.2) is 38.0 Å². The van der Waals surface area contributed by atoms with E-state index in [2.05, 4.69) is 10.2 Å². The van der Waals surface area contributed by atoms with Gasteiger partial charge in [0.2, 0.25) is 5.78 Å². The van der Waals surface area contributed by atoms with Crippen molar-refractivity contribution < 1.29 is 23.4 Å². The number of hydrogen-bond donors (Lipinski definition) is 0. The summed E-state index contributed by atoms with van der Waals surface area (Å²) < 4.78 is 22.7. The maximum atomic E-state index is 13.4. The van der Waals surface area contributed by atoms with Gasteiger partial charge < -0.3 is 18.6 Å². The minimum Gasteiger partial charge on any atom is -0.496 e. The smallest absolute Gasteiger partial charge is 0.231 e. The number of hydrogen-bond acceptors (Lipinski definition) is 7. The highest BCUT2D eigenvalue weighted by Gasteiger charge is 2.26. The summed E-state index contributed by atoms with van der Waals surface area (Å²) in [6.07, 6.45) is -0.0413. The minimum absolute atomic E-state index is 0.222. The Labute approximate surface area is 199 Å². The van der Waals surface area contributed by atoms with E-state index < -0.39 is 6.10 Å². The van der Waals surface area contributed by atoms with Crippen molar-refractivity contribution in [1.29, 1.82) is 0 Å². The summed E-state index contributed by atoms with van der Waals surface area (Å²) in [4.78, 5) is 13.4. The Morgan fingerprint density at radius 2 is 1.65 bits per heavy atom. The van der Waals surface area contributed by atoms with E-state index in [0.29, 0.717) is 23.9 Å². The number of carbonyl (C=O) groups is 1. The lowest BCUT2D eigenvalue weighted by Gasteiger charge is -2.16. The molecule has 1 unspecified atom stereocenters. The summed E-state index contributed by atoms with van der Waals surface area (Å²) in [5, 5.41) is 8.32. The van der Waals surface area contributed by atoms with E-state index in [9.17, 15) is 4.79 Å². The molecule has 3 aromatic rings. The molecule has 176 valence electrons. The van der Waals surface area contributed by atoms with Crippen LogP contribution in [0, 0.1) is 6.92 Å². The molecular weight excluding hydrogens is 432 g/mol. The molecule has 4 rings (SSSR count). The topological polar surface area (TPSA) is 82.6 Å². The number of carbonyl (C=O) groups excluding carboxylic acids is 1. The fraction of sp³-hybridized carbons (Fsp3) is 0.296. The highest BCUT2D eigenvalue weighted by Crippen LogP contribution is 2.35. The second-order valence-corrected chi connectivity index (χ2v) is 8.05. The molecule has 0 saturated carbocycles. The molecule has 1 atom stereocenters. The van der Waals surface area contributed by atoms with Gasteiger partial charge in [0.25, 0.3) is 0 Å². The monoisotopic (exact) mass is 460 g/mol. The third-order valence-corrected chi connectivity index (χ3v) is 5.77.